The van der Waals surface area contributed by atoms with E-state index in [2.05, 4.69) is 5.32 Å². The number of alkyl carbamates (subject to hydrolysis) is 1. The number of halogens is 1. The molecule has 1 fully saturated rings. The van der Waals surface area contributed by atoms with Gasteiger partial charge in [0.15, 0.2) is 0 Å². The molecule has 1 heterocycles. The molecule has 0 spiro atoms. The Morgan fingerprint density at radius 3 is 2.26 bits per heavy atom. The molecule has 1 saturated heterocycles. The van der Waals surface area contributed by atoms with E-state index in [1.54, 1.807) is 32.7 Å². The van der Waals surface area contributed by atoms with Crippen LogP contribution in [0.4, 0.5) is 4.79 Å². The third-order valence-electron chi connectivity index (χ3n) is 5.42. The number of ether oxygens (including phenoxy) is 1. The van der Waals surface area contributed by atoms with Crippen molar-refractivity contribution in [1.29, 1.82) is 0 Å². The Morgan fingerprint density at radius 2 is 1.74 bits per heavy atom. The van der Waals surface area contributed by atoms with Crippen LogP contribution in [-0.2, 0) is 25.4 Å². The monoisotopic (exact) mass is 452 g/mol. The first-order valence-corrected chi connectivity index (χ1v) is 10.8. The summed E-state index contributed by atoms with van der Waals surface area (Å²) in [5.41, 5.74) is 0.191. The van der Waals surface area contributed by atoms with E-state index in [1.807, 2.05) is 45.9 Å². The van der Waals surface area contributed by atoms with Crippen molar-refractivity contribution in [3.63, 3.8) is 0 Å². The number of carbonyl (C=O) groups is 2. The summed E-state index contributed by atoms with van der Waals surface area (Å²) in [5.74, 6) is -0.0952. The molecule has 0 aromatic heterocycles. The van der Waals surface area contributed by atoms with Crippen LogP contribution >= 0.6 is 11.6 Å². The lowest BCUT2D eigenvalue weighted by atomic mass is 9.78. The number of carbonyl (C=O) groups excluding carboxylic acids is 2. The molecule has 1 aliphatic rings. The average molecular weight is 453 g/mol. The second kappa shape index (κ2) is 9.39. The SMILES string of the molecule is CN(Cc1ccc(B2OC(C)(C)C(C)(C)O2)c(Cl)c1)C(=O)CCNC(=O)OC(C)(C)C. The van der Waals surface area contributed by atoms with Crippen molar-refractivity contribution in [3.8, 4) is 0 Å². The summed E-state index contributed by atoms with van der Waals surface area (Å²) in [6.45, 7) is 13.9. The molecule has 0 atom stereocenters. The third kappa shape index (κ3) is 6.86. The molecule has 0 bridgehead atoms. The van der Waals surface area contributed by atoms with Crippen molar-refractivity contribution >= 4 is 36.2 Å². The van der Waals surface area contributed by atoms with Gasteiger partial charge in [0.2, 0.25) is 5.91 Å². The fourth-order valence-corrected chi connectivity index (χ4v) is 3.26. The fourth-order valence-electron chi connectivity index (χ4n) is 2.97. The highest BCUT2D eigenvalue weighted by Gasteiger charge is 2.52. The van der Waals surface area contributed by atoms with Gasteiger partial charge in [-0.15, -0.1) is 0 Å². The van der Waals surface area contributed by atoms with E-state index < -0.39 is 30.0 Å². The molecule has 7 nitrogen and oxygen atoms in total. The molecular formula is C22H34BClN2O5. The highest BCUT2D eigenvalue weighted by atomic mass is 35.5. The molecule has 0 unspecified atom stereocenters. The highest BCUT2D eigenvalue weighted by Crippen LogP contribution is 2.37. The van der Waals surface area contributed by atoms with Crippen molar-refractivity contribution < 1.29 is 23.6 Å². The van der Waals surface area contributed by atoms with Crippen molar-refractivity contribution in [3.05, 3.63) is 28.8 Å². The van der Waals surface area contributed by atoms with Gasteiger partial charge >= 0.3 is 13.2 Å². The summed E-state index contributed by atoms with van der Waals surface area (Å²) < 4.78 is 17.3. The Balaban J connectivity index is 1.90. The lowest BCUT2D eigenvalue weighted by Crippen LogP contribution is -2.41. The molecule has 0 saturated carbocycles. The van der Waals surface area contributed by atoms with Gasteiger partial charge in [-0.1, -0.05) is 23.7 Å². The van der Waals surface area contributed by atoms with Gasteiger partial charge in [0, 0.05) is 37.0 Å². The van der Waals surface area contributed by atoms with Gasteiger partial charge in [0.25, 0.3) is 0 Å². The van der Waals surface area contributed by atoms with Gasteiger partial charge in [-0.25, -0.2) is 4.79 Å². The van der Waals surface area contributed by atoms with E-state index >= 15 is 0 Å². The number of hydrogen-bond donors (Lipinski definition) is 1. The fraction of sp³-hybridized carbons (Fsp3) is 0.636. The number of benzene rings is 1. The first kappa shape index (κ1) is 25.5. The number of nitrogens with one attached hydrogen (secondary N) is 1. The van der Waals surface area contributed by atoms with Gasteiger partial charge in [0.05, 0.1) is 11.2 Å². The number of rotatable bonds is 6. The molecule has 172 valence electrons. The minimum atomic E-state index is -0.573. The first-order chi connectivity index (χ1) is 14.1. The van der Waals surface area contributed by atoms with E-state index in [9.17, 15) is 9.59 Å². The molecule has 31 heavy (non-hydrogen) atoms. The number of amides is 2. The van der Waals surface area contributed by atoms with E-state index in [1.165, 1.54) is 0 Å². The molecular weight excluding hydrogens is 419 g/mol. The zero-order valence-corrected chi connectivity index (χ0v) is 20.6. The van der Waals surface area contributed by atoms with Crippen molar-refractivity contribution in [1.82, 2.24) is 10.2 Å². The molecule has 9 heteroatoms. The van der Waals surface area contributed by atoms with Crippen LogP contribution in [0.1, 0.15) is 60.5 Å². The smallest absolute Gasteiger partial charge is 0.444 e. The molecule has 1 aromatic rings. The summed E-state index contributed by atoms with van der Waals surface area (Å²) in [4.78, 5) is 25.6. The van der Waals surface area contributed by atoms with Crippen LogP contribution in [0.3, 0.4) is 0 Å². The Hall–Kier alpha value is -1.77. The topological polar surface area (TPSA) is 77.1 Å². The average Bonchev–Trinajstić information content (AvgIpc) is 2.80. The van der Waals surface area contributed by atoms with Crippen LogP contribution in [0.25, 0.3) is 0 Å². The number of hydrogen-bond acceptors (Lipinski definition) is 5. The van der Waals surface area contributed by atoms with Crippen LogP contribution in [-0.4, -0.2) is 54.4 Å². The maximum atomic E-state index is 12.4. The quantitative estimate of drug-likeness (QED) is 0.668. The summed E-state index contributed by atoms with van der Waals surface area (Å²) in [5, 5.41) is 3.12. The number of nitrogens with zero attached hydrogens (tertiary/aromatic N) is 1. The Labute approximate surface area is 190 Å². The van der Waals surface area contributed by atoms with Gasteiger partial charge in [-0.3, -0.25) is 4.79 Å². The van der Waals surface area contributed by atoms with Crippen LogP contribution in [0, 0.1) is 0 Å². The van der Waals surface area contributed by atoms with Crippen LogP contribution in [0.5, 0.6) is 0 Å². The van der Waals surface area contributed by atoms with Gasteiger partial charge < -0.3 is 24.3 Å². The standard InChI is InChI=1S/C22H34BClN2O5/c1-20(2,3)29-19(28)25-12-11-18(27)26(8)14-15-9-10-16(17(24)13-15)23-30-21(4,5)22(6,7)31-23/h9-10,13H,11-12,14H2,1-8H3,(H,25,28). The predicted molar refractivity (Wildman–Crippen MR) is 122 cm³/mol. The molecule has 1 N–H and O–H groups in total. The maximum absolute atomic E-state index is 12.4. The van der Waals surface area contributed by atoms with Crippen molar-refractivity contribution in [2.24, 2.45) is 0 Å². The Bertz CT molecular complexity index is 807. The second-order valence-electron chi connectivity index (χ2n) is 9.87. The highest BCUT2D eigenvalue weighted by molar-refractivity contribution is 6.65. The van der Waals surface area contributed by atoms with Gasteiger partial charge in [-0.2, -0.15) is 0 Å². The summed E-state index contributed by atoms with van der Waals surface area (Å²) in [6.07, 6.45) is -0.358. The van der Waals surface area contributed by atoms with Crippen LogP contribution < -0.4 is 10.8 Å². The molecule has 1 aromatic carbocycles. The van der Waals surface area contributed by atoms with E-state index in [4.69, 9.17) is 25.6 Å². The van der Waals surface area contributed by atoms with Crippen LogP contribution in [0.15, 0.2) is 18.2 Å². The minimum Gasteiger partial charge on any atom is -0.444 e. The lowest BCUT2D eigenvalue weighted by Gasteiger charge is -2.32. The third-order valence-corrected chi connectivity index (χ3v) is 5.75. The molecule has 1 aliphatic heterocycles. The Morgan fingerprint density at radius 1 is 1.16 bits per heavy atom. The zero-order chi connectivity index (χ0) is 23.6. The lowest BCUT2D eigenvalue weighted by molar-refractivity contribution is -0.130. The predicted octanol–water partition coefficient (Wildman–Crippen LogP) is 3.51. The second-order valence-corrected chi connectivity index (χ2v) is 10.3. The summed E-state index contributed by atoms with van der Waals surface area (Å²) in [6, 6.07) is 5.61. The summed E-state index contributed by atoms with van der Waals surface area (Å²) in [7, 11) is 1.18. The first-order valence-electron chi connectivity index (χ1n) is 10.5. The summed E-state index contributed by atoms with van der Waals surface area (Å²) >= 11 is 6.51. The van der Waals surface area contributed by atoms with Gasteiger partial charge in [0.1, 0.15) is 5.60 Å². The van der Waals surface area contributed by atoms with Crippen LogP contribution in [0.2, 0.25) is 5.02 Å². The molecule has 0 aliphatic carbocycles. The van der Waals surface area contributed by atoms with E-state index in [0.717, 1.165) is 11.0 Å². The normalized spacial score (nSPS) is 17.4. The van der Waals surface area contributed by atoms with Crippen molar-refractivity contribution in [2.45, 2.75) is 78.2 Å². The van der Waals surface area contributed by atoms with E-state index in [0.29, 0.717) is 11.6 Å². The molecule has 2 amide bonds. The molecule has 0 radical (unpaired) electrons. The Kier molecular flexibility index (Phi) is 7.72. The maximum Gasteiger partial charge on any atom is 0.496 e. The largest absolute Gasteiger partial charge is 0.496 e. The van der Waals surface area contributed by atoms with E-state index in [-0.39, 0.29) is 18.9 Å². The minimum absolute atomic E-state index is 0.0952. The molecule has 2 rings (SSSR count). The van der Waals surface area contributed by atoms with Gasteiger partial charge in [-0.05, 0) is 60.1 Å². The zero-order valence-electron chi connectivity index (χ0n) is 19.8. The van der Waals surface area contributed by atoms with Crippen molar-refractivity contribution in [2.75, 3.05) is 13.6 Å².